The molecule has 0 radical (unpaired) electrons. The average Bonchev–Trinajstić information content (AvgIpc) is 2.94. The topological polar surface area (TPSA) is 38.8 Å². The fourth-order valence-electron chi connectivity index (χ4n) is 2.85. The molecule has 2 fully saturated rings. The molecule has 0 saturated carbocycles. The number of rotatable bonds is 7. The molecule has 0 amide bonds. The van der Waals surface area contributed by atoms with Gasteiger partial charge in [-0.2, -0.15) is 0 Å². The Bertz CT molecular complexity index is 363. The first-order valence-corrected chi connectivity index (χ1v) is 8.97. The summed E-state index contributed by atoms with van der Waals surface area (Å²) in [6.07, 6.45) is 11.4. The lowest BCUT2D eigenvalue weighted by molar-refractivity contribution is -0.141. The van der Waals surface area contributed by atoms with Crippen LogP contribution in [0.5, 0.6) is 0 Å². The Balaban J connectivity index is 1.56. The first-order chi connectivity index (χ1) is 10.3. The maximum Gasteiger partial charge on any atom is 0.315 e. The molecule has 118 valence electrons. The molecule has 2 atom stereocenters. The van der Waals surface area contributed by atoms with E-state index in [1.165, 1.54) is 12.8 Å². The van der Waals surface area contributed by atoms with Gasteiger partial charge < -0.3 is 9.47 Å². The molecule has 0 bridgehead atoms. The zero-order valence-corrected chi connectivity index (χ0v) is 13.4. The summed E-state index contributed by atoms with van der Waals surface area (Å²) in [6, 6.07) is 0.302. The van der Waals surface area contributed by atoms with Crippen LogP contribution >= 0.6 is 11.8 Å². The van der Waals surface area contributed by atoms with Crippen LogP contribution in [0.25, 0.3) is 0 Å². The van der Waals surface area contributed by atoms with Gasteiger partial charge in [0.1, 0.15) is 6.61 Å². The summed E-state index contributed by atoms with van der Waals surface area (Å²) in [4.78, 5) is 14.0. The van der Waals surface area contributed by atoms with Crippen LogP contribution in [-0.4, -0.2) is 60.8 Å². The fourth-order valence-corrected chi connectivity index (χ4v) is 3.75. The lowest BCUT2D eigenvalue weighted by Gasteiger charge is -2.22. The van der Waals surface area contributed by atoms with Gasteiger partial charge in [0.05, 0.1) is 18.4 Å². The lowest BCUT2D eigenvalue weighted by atomic mass is 10.1. The highest BCUT2D eigenvalue weighted by Crippen LogP contribution is 2.18. The molecule has 0 aromatic carbocycles. The molecule has 2 aliphatic heterocycles. The van der Waals surface area contributed by atoms with E-state index in [-0.39, 0.29) is 5.97 Å². The number of nitrogens with zero attached hydrogens (tertiary/aromatic N) is 1. The second-order valence-corrected chi connectivity index (χ2v) is 6.69. The van der Waals surface area contributed by atoms with Crippen LogP contribution in [0, 0.1) is 12.3 Å². The molecule has 0 spiro atoms. The summed E-state index contributed by atoms with van der Waals surface area (Å²) < 4.78 is 11.0. The van der Waals surface area contributed by atoms with Gasteiger partial charge in [0.2, 0.25) is 0 Å². The van der Waals surface area contributed by atoms with E-state index in [1.54, 1.807) is 11.8 Å². The van der Waals surface area contributed by atoms with Crippen molar-refractivity contribution < 1.29 is 14.3 Å². The molecule has 0 aromatic rings. The SMILES string of the molecule is C#CCN1CCC[C@H]1COC(=O)CSC[C@@H]1CCCCO1. The molecule has 21 heavy (non-hydrogen) atoms. The predicted octanol–water partition coefficient (Wildman–Crippen LogP) is 1.93. The van der Waals surface area contributed by atoms with Crippen molar-refractivity contribution in [3.63, 3.8) is 0 Å². The smallest absolute Gasteiger partial charge is 0.315 e. The highest BCUT2D eigenvalue weighted by atomic mass is 32.2. The number of terminal acetylenes is 1. The minimum atomic E-state index is -0.122. The van der Waals surface area contributed by atoms with E-state index in [0.717, 1.165) is 38.2 Å². The molecule has 0 aromatic heterocycles. The highest BCUT2D eigenvalue weighted by molar-refractivity contribution is 7.99. The Hall–Kier alpha value is -0.700. The summed E-state index contributed by atoms with van der Waals surface area (Å²) in [5.41, 5.74) is 0. The Morgan fingerprint density at radius 2 is 2.29 bits per heavy atom. The Morgan fingerprint density at radius 1 is 1.38 bits per heavy atom. The second kappa shape index (κ2) is 9.34. The first kappa shape index (κ1) is 16.7. The Labute approximate surface area is 131 Å². The molecule has 2 saturated heterocycles. The quantitative estimate of drug-likeness (QED) is 0.531. The Morgan fingerprint density at radius 3 is 3.05 bits per heavy atom. The molecule has 0 N–H and O–H groups in total. The fraction of sp³-hybridized carbons (Fsp3) is 0.812. The zero-order chi connectivity index (χ0) is 14.9. The van der Waals surface area contributed by atoms with Crippen molar-refractivity contribution in [2.45, 2.75) is 44.2 Å². The van der Waals surface area contributed by atoms with Crippen molar-refractivity contribution in [1.82, 2.24) is 4.90 Å². The van der Waals surface area contributed by atoms with E-state index in [1.807, 2.05) is 0 Å². The van der Waals surface area contributed by atoms with Gasteiger partial charge in [0, 0.05) is 18.4 Å². The van der Waals surface area contributed by atoms with Gasteiger partial charge in [-0.05, 0) is 38.6 Å². The van der Waals surface area contributed by atoms with Crippen LogP contribution in [-0.2, 0) is 14.3 Å². The van der Waals surface area contributed by atoms with E-state index < -0.39 is 0 Å². The van der Waals surface area contributed by atoms with Gasteiger partial charge >= 0.3 is 5.97 Å². The molecule has 2 heterocycles. The van der Waals surface area contributed by atoms with E-state index in [2.05, 4.69) is 10.8 Å². The van der Waals surface area contributed by atoms with Crippen LogP contribution in [0.15, 0.2) is 0 Å². The molecule has 0 unspecified atom stereocenters. The summed E-state index contributed by atoms with van der Waals surface area (Å²) in [6.45, 7) is 3.00. The molecule has 2 rings (SSSR count). The van der Waals surface area contributed by atoms with Crippen molar-refractivity contribution >= 4 is 17.7 Å². The number of likely N-dealkylation sites (tertiary alicyclic amines) is 1. The molecule has 0 aliphatic carbocycles. The highest BCUT2D eigenvalue weighted by Gasteiger charge is 2.25. The van der Waals surface area contributed by atoms with Crippen LogP contribution < -0.4 is 0 Å². The first-order valence-electron chi connectivity index (χ1n) is 7.82. The third-order valence-electron chi connectivity index (χ3n) is 4.03. The maximum absolute atomic E-state index is 11.8. The summed E-state index contributed by atoms with van der Waals surface area (Å²) in [5.74, 6) is 3.85. The standard InChI is InChI=1S/C16H25NO3S/c1-2-8-17-9-5-6-14(17)11-20-16(18)13-21-12-15-7-3-4-10-19-15/h1,14-15H,3-13H2/t14-,15-/m0/s1. The maximum atomic E-state index is 11.8. The number of carbonyl (C=O) groups excluding carboxylic acids is 1. The third-order valence-corrected chi connectivity index (χ3v) is 5.08. The minimum absolute atomic E-state index is 0.122. The van der Waals surface area contributed by atoms with E-state index >= 15 is 0 Å². The third kappa shape index (κ3) is 5.90. The largest absolute Gasteiger partial charge is 0.463 e. The van der Waals surface area contributed by atoms with Gasteiger partial charge in [0.25, 0.3) is 0 Å². The number of hydrogen-bond acceptors (Lipinski definition) is 5. The summed E-state index contributed by atoms with van der Waals surface area (Å²) >= 11 is 1.62. The van der Waals surface area contributed by atoms with E-state index in [9.17, 15) is 4.79 Å². The van der Waals surface area contributed by atoms with Crippen LogP contribution in [0.1, 0.15) is 32.1 Å². The summed E-state index contributed by atoms with van der Waals surface area (Å²) in [7, 11) is 0. The van der Waals surface area contributed by atoms with Gasteiger partial charge in [-0.25, -0.2) is 0 Å². The number of thioether (sulfide) groups is 1. The van der Waals surface area contributed by atoms with Crippen molar-refractivity contribution in [3.8, 4) is 12.3 Å². The van der Waals surface area contributed by atoms with Gasteiger partial charge in [0.15, 0.2) is 0 Å². The Kier molecular flexibility index (Phi) is 7.42. The van der Waals surface area contributed by atoms with E-state index in [0.29, 0.717) is 31.1 Å². The summed E-state index contributed by atoms with van der Waals surface area (Å²) in [5, 5.41) is 0. The van der Waals surface area contributed by atoms with Crippen LogP contribution in [0.4, 0.5) is 0 Å². The van der Waals surface area contributed by atoms with Crippen LogP contribution in [0.2, 0.25) is 0 Å². The molecular weight excluding hydrogens is 286 g/mol. The average molecular weight is 311 g/mol. The number of ether oxygens (including phenoxy) is 2. The van der Waals surface area contributed by atoms with Crippen molar-refractivity contribution in [3.05, 3.63) is 0 Å². The molecule has 2 aliphatic rings. The van der Waals surface area contributed by atoms with Crippen LogP contribution in [0.3, 0.4) is 0 Å². The van der Waals surface area contributed by atoms with Crippen molar-refractivity contribution in [2.75, 3.05) is 37.8 Å². The van der Waals surface area contributed by atoms with Gasteiger partial charge in [-0.15, -0.1) is 18.2 Å². The normalized spacial score (nSPS) is 26.4. The number of esters is 1. The van der Waals surface area contributed by atoms with Gasteiger partial charge in [-0.1, -0.05) is 5.92 Å². The molecule has 4 nitrogen and oxygen atoms in total. The second-order valence-electron chi connectivity index (χ2n) is 5.66. The minimum Gasteiger partial charge on any atom is -0.463 e. The number of carbonyl (C=O) groups is 1. The number of hydrogen-bond donors (Lipinski definition) is 0. The van der Waals surface area contributed by atoms with Gasteiger partial charge in [-0.3, -0.25) is 9.69 Å². The van der Waals surface area contributed by atoms with Crippen molar-refractivity contribution in [1.29, 1.82) is 0 Å². The van der Waals surface area contributed by atoms with Crippen molar-refractivity contribution in [2.24, 2.45) is 0 Å². The molecule has 5 heteroatoms. The van der Waals surface area contributed by atoms with E-state index in [4.69, 9.17) is 15.9 Å². The zero-order valence-electron chi connectivity index (χ0n) is 12.6. The lowest BCUT2D eigenvalue weighted by Crippen LogP contribution is -2.34. The molecular formula is C16H25NO3S. The predicted molar refractivity (Wildman–Crippen MR) is 85.3 cm³/mol. The monoisotopic (exact) mass is 311 g/mol.